The van der Waals surface area contributed by atoms with Crippen molar-refractivity contribution in [2.24, 2.45) is 0 Å². The van der Waals surface area contributed by atoms with Crippen LogP contribution in [0.15, 0.2) is 24.4 Å². The predicted octanol–water partition coefficient (Wildman–Crippen LogP) is 2.11. The van der Waals surface area contributed by atoms with Crippen LogP contribution in [0.5, 0.6) is 0 Å². The molecule has 23 heavy (non-hydrogen) atoms. The molecular weight excluding hydrogens is 335 g/mol. The first-order valence-electron chi connectivity index (χ1n) is 7.95. The normalized spacial score (nSPS) is 23.9. The van der Waals surface area contributed by atoms with Gasteiger partial charge in [0.25, 0.3) is 0 Å². The lowest BCUT2D eigenvalue weighted by molar-refractivity contribution is -0.138. The van der Waals surface area contributed by atoms with Crippen molar-refractivity contribution in [1.82, 2.24) is 15.2 Å². The number of nitrogens with one attached hydrogen (secondary N) is 1. The summed E-state index contributed by atoms with van der Waals surface area (Å²) < 4.78 is 0. The molecule has 1 atom stereocenters. The van der Waals surface area contributed by atoms with Crippen LogP contribution in [-0.4, -0.2) is 54.1 Å². The Hall–Kier alpha value is -1.04. The van der Waals surface area contributed by atoms with Crippen molar-refractivity contribution in [3.05, 3.63) is 24.4 Å². The molecule has 0 aliphatic carbocycles. The van der Waals surface area contributed by atoms with E-state index in [4.69, 9.17) is 0 Å². The maximum absolute atomic E-state index is 12.8. The van der Waals surface area contributed by atoms with Crippen LogP contribution in [0.2, 0.25) is 0 Å². The molecule has 0 saturated carbocycles. The third-order valence-electron chi connectivity index (χ3n) is 4.80. The molecule has 2 fully saturated rings. The zero-order valence-electron chi connectivity index (χ0n) is 13.5. The van der Waals surface area contributed by atoms with Crippen molar-refractivity contribution in [1.29, 1.82) is 0 Å². The second kappa shape index (κ2) is 8.71. The summed E-state index contributed by atoms with van der Waals surface area (Å²) in [6.07, 6.45) is 4.78. The standard InChI is InChI=1S/C16H24N4O.2ClH/c1-2-16(7-5-9-18-16)15(21)20-12-10-19(11-13-20)14-6-3-4-8-17-14;;/h3-4,6,8,18H,2,5,7,9-13H2,1H3;2*1H. The van der Waals surface area contributed by atoms with E-state index in [9.17, 15) is 4.79 Å². The van der Waals surface area contributed by atoms with Crippen molar-refractivity contribution >= 4 is 36.5 Å². The van der Waals surface area contributed by atoms with Gasteiger partial charge in [0, 0.05) is 32.4 Å². The molecule has 1 aromatic rings. The molecule has 0 radical (unpaired) electrons. The molecule has 2 saturated heterocycles. The van der Waals surface area contributed by atoms with Crippen LogP contribution < -0.4 is 10.2 Å². The SMILES string of the molecule is CCC1(C(=O)N2CCN(c3ccccn3)CC2)CCCN1.Cl.Cl. The molecule has 1 amide bonds. The third kappa shape index (κ3) is 4.08. The molecule has 3 rings (SSSR count). The van der Waals surface area contributed by atoms with E-state index in [1.165, 1.54) is 0 Å². The molecule has 3 heterocycles. The number of anilines is 1. The topological polar surface area (TPSA) is 48.5 Å². The zero-order chi connectivity index (χ0) is 14.7. The van der Waals surface area contributed by atoms with Crippen molar-refractivity contribution in [2.75, 3.05) is 37.6 Å². The highest BCUT2D eigenvalue weighted by molar-refractivity contribution is 5.87. The maximum atomic E-state index is 12.8. The molecule has 0 bridgehead atoms. The fraction of sp³-hybridized carbons (Fsp3) is 0.625. The van der Waals surface area contributed by atoms with Gasteiger partial charge in [-0.3, -0.25) is 4.79 Å². The second-order valence-electron chi connectivity index (χ2n) is 5.93. The molecule has 1 aromatic heterocycles. The van der Waals surface area contributed by atoms with Gasteiger partial charge < -0.3 is 15.1 Å². The molecule has 2 aliphatic rings. The summed E-state index contributed by atoms with van der Waals surface area (Å²) in [4.78, 5) is 21.5. The van der Waals surface area contributed by atoms with Gasteiger partial charge in [-0.25, -0.2) is 4.98 Å². The smallest absolute Gasteiger partial charge is 0.242 e. The van der Waals surface area contributed by atoms with Gasteiger partial charge in [-0.05, 0) is 37.9 Å². The summed E-state index contributed by atoms with van der Waals surface area (Å²) in [5, 5.41) is 3.44. The quantitative estimate of drug-likeness (QED) is 0.896. The summed E-state index contributed by atoms with van der Waals surface area (Å²) in [5.74, 6) is 1.30. The minimum atomic E-state index is -0.298. The van der Waals surface area contributed by atoms with E-state index in [-0.39, 0.29) is 30.4 Å². The summed E-state index contributed by atoms with van der Waals surface area (Å²) in [5.41, 5.74) is -0.298. The molecule has 130 valence electrons. The molecular formula is C16H26Cl2N4O. The van der Waals surface area contributed by atoms with Gasteiger partial charge >= 0.3 is 0 Å². The van der Waals surface area contributed by atoms with Gasteiger partial charge in [0.05, 0.1) is 5.54 Å². The number of carbonyl (C=O) groups excluding carboxylic acids is 1. The van der Waals surface area contributed by atoms with Gasteiger partial charge in [0.15, 0.2) is 0 Å². The van der Waals surface area contributed by atoms with Gasteiger partial charge in [-0.2, -0.15) is 0 Å². The average molecular weight is 361 g/mol. The first kappa shape index (κ1) is 20.0. The largest absolute Gasteiger partial charge is 0.353 e. The Morgan fingerprint density at radius 2 is 2.00 bits per heavy atom. The van der Waals surface area contributed by atoms with Crippen molar-refractivity contribution in [2.45, 2.75) is 31.7 Å². The Balaban J connectivity index is 0.00000132. The maximum Gasteiger partial charge on any atom is 0.242 e. The van der Waals surface area contributed by atoms with E-state index in [1.54, 1.807) is 0 Å². The first-order chi connectivity index (χ1) is 10.2. The Labute approximate surface area is 150 Å². The van der Waals surface area contributed by atoms with Gasteiger partial charge in [-0.1, -0.05) is 13.0 Å². The van der Waals surface area contributed by atoms with Crippen LogP contribution in [0.25, 0.3) is 0 Å². The van der Waals surface area contributed by atoms with Crippen molar-refractivity contribution in [3.8, 4) is 0 Å². The van der Waals surface area contributed by atoms with Crippen LogP contribution >= 0.6 is 24.8 Å². The molecule has 0 spiro atoms. The Morgan fingerprint density at radius 1 is 1.26 bits per heavy atom. The lowest BCUT2D eigenvalue weighted by Gasteiger charge is -2.40. The van der Waals surface area contributed by atoms with E-state index < -0.39 is 0 Å². The molecule has 5 nitrogen and oxygen atoms in total. The summed E-state index contributed by atoms with van der Waals surface area (Å²) in [6.45, 7) is 6.39. The first-order valence-corrected chi connectivity index (χ1v) is 7.95. The predicted molar refractivity (Wildman–Crippen MR) is 97.8 cm³/mol. The van der Waals surface area contributed by atoms with Crippen molar-refractivity contribution < 1.29 is 4.79 Å². The average Bonchev–Trinajstić information content (AvgIpc) is 3.05. The number of hydrogen-bond donors (Lipinski definition) is 1. The monoisotopic (exact) mass is 360 g/mol. The summed E-state index contributed by atoms with van der Waals surface area (Å²) in [6, 6.07) is 5.97. The van der Waals surface area contributed by atoms with Gasteiger partial charge in [0.1, 0.15) is 5.82 Å². The van der Waals surface area contributed by atoms with E-state index in [2.05, 4.69) is 22.1 Å². The number of carbonyl (C=O) groups is 1. The molecule has 7 heteroatoms. The molecule has 1 unspecified atom stereocenters. The lowest BCUT2D eigenvalue weighted by atomic mass is 9.92. The summed E-state index contributed by atoms with van der Waals surface area (Å²) >= 11 is 0. The second-order valence-corrected chi connectivity index (χ2v) is 5.93. The third-order valence-corrected chi connectivity index (χ3v) is 4.80. The fourth-order valence-corrected chi connectivity index (χ4v) is 3.42. The highest BCUT2D eigenvalue weighted by Gasteiger charge is 2.42. The van der Waals surface area contributed by atoms with Crippen LogP contribution in [0.3, 0.4) is 0 Å². The van der Waals surface area contributed by atoms with Gasteiger partial charge in [0.2, 0.25) is 5.91 Å². The lowest BCUT2D eigenvalue weighted by Crippen LogP contribution is -2.59. The number of pyridine rings is 1. The molecule has 1 N–H and O–H groups in total. The highest BCUT2D eigenvalue weighted by atomic mass is 35.5. The number of amides is 1. The molecule has 0 aromatic carbocycles. The number of nitrogens with zero attached hydrogens (tertiary/aromatic N) is 3. The fourth-order valence-electron chi connectivity index (χ4n) is 3.42. The highest BCUT2D eigenvalue weighted by Crippen LogP contribution is 2.26. The van der Waals surface area contributed by atoms with Crippen LogP contribution in [0, 0.1) is 0 Å². The van der Waals surface area contributed by atoms with E-state index in [0.717, 1.165) is 57.8 Å². The number of aromatic nitrogens is 1. The minimum absolute atomic E-state index is 0. The Bertz CT molecular complexity index is 486. The van der Waals surface area contributed by atoms with E-state index >= 15 is 0 Å². The zero-order valence-corrected chi connectivity index (χ0v) is 15.2. The van der Waals surface area contributed by atoms with Crippen LogP contribution in [-0.2, 0) is 4.79 Å². The van der Waals surface area contributed by atoms with E-state index in [1.807, 2.05) is 29.3 Å². The summed E-state index contributed by atoms with van der Waals surface area (Å²) in [7, 11) is 0. The number of halogens is 2. The van der Waals surface area contributed by atoms with Crippen molar-refractivity contribution in [3.63, 3.8) is 0 Å². The van der Waals surface area contributed by atoms with Gasteiger partial charge in [-0.15, -0.1) is 24.8 Å². The number of hydrogen-bond acceptors (Lipinski definition) is 4. The Kier molecular flexibility index (Phi) is 7.58. The Morgan fingerprint density at radius 3 is 2.52 bits per heavy atom. The van der Waals surface area contributed by atoms with E-state index in [0.29, 0.717) is 5.91 Å². The van der Waals surface area contributed by atoms with Crippen LogP contribution in [0.1, 0.15) is 26.2 Å². The minimum Gasteiger partial charge on any atom is -0.353 e. The van der Waals surface area contributed by atoms with Crippen LogP contribution in [0.4, 0.5) is 5.82 Å². The number of piperazine rings is 1. The molecule has 2 aliphatic heterocycles. The number of rotatable bonds is 3.